The van der Waals surface area contributed by atoms with E-state index in [0.29, 0.717) is 29.4 Å². The van der Waals surface area contributed by atoms with Crippen LogP contribution in [-0.2, 0) is 6.61 Å². The fraction of sp³-hybridized carbons (Fsp3) is 0.0417. The van der Waals surface area contributed by atoms with Gasteiger partial charge in [0.1, 0.15) is 12.4 Å². The van der Waals surface area contributed by atoms with Gasteiger partial charge < -0.3 is 20.9 Å². The van der Waals surface area contributed by atoms with Crippen molar-refractivity contribution >= 4 is 33.8 Å². The number of nitrogen functional groups attached to an aromatic ring is 1. The highest BCUT2D eigenvalue weighted by Gasteiger charge is 2.11. The second kappa shape index (κ2) is 7.94. The number of nitrogens with two attached hydrogens (primary N) is 1. The Hall–Kier alpha value is -3.99. The van der Waals surface area contributed by atoms with Crippen molar-refractivity contribution in [3.63, 3.8) is 0 Å². The Bertz CT molecular complexity index is 1180. The monoisotopic (exact) mass is 384 g/mol. The minimum atomic E-state index is -0.998. The highest BCUT2D eigenvalue weighted by molar-refractivity contribution is 5.95. The SMILES string of the molecule is Nc1cc(OCc2cccc3ccccc23)ccc1Nc1ccccc1C(=O)O. The first-order chi connectivity index (χ1) is 14.1. The van der Waals surface area contributed by atoms with Gasteiger partial charge in [0.2, 0.25) is 0 Å². The van der Waals surface area contributed by atoms with E-state index >= 15 is 0 Å². The van der Waals surface area contributed by atoms with Crippen LogP contribution in [-0.4, -0.2) is 11.1 Å². The molecule has 4 aromatic rings. The standard InChI is InChI=1S/C24H20N2O3/c25-21-14-18(29-15-17-8-5-7-16-6-1-2-9-19(16)17)12-13-23(21)26-22-11-4-3-10-20(22)24(27)28/h1-14,26H,15,25H2,(H,27,28). The smallest absolute Gasteiger partial charge is 0.337 e. The number of rotatable bonds is 6. The summed E-state index contributed by atoms with van der Waals surface area (Å²) in [5, 5.41) is 14.7. The molecule has 4 aromatic carbocycles. The van der Waals surface area contributed by atoms with E-state index in [0.717, 1.165) is 10.9 Å². The number of hydrogen-bond donors (Lipinski definition) is 3. The third-order valence-electron chi connectivity index (χ3n) is 4.72. The zero-order valence-electron chi connectivity index (χ0n) is 15.6. The maximum atomic E-state index is 11.4. The molecule has 0 spiro atoms. The van der Waals surface area contributed by atoms with E-state index in [1.165, 1.54) is 5.39 Å². The molecule has 5 nitrogen and oxygen atoms in total. The lowest BCUT2D eigenvalue weighted by Crippen LogP contribution is -2.04. The molecule has 0 heterocycles. The number of aromatic carboxylic acids is 1. The van der Waals surface area contributed by atoms with Crippen LogP contribution in [0.15, 0.2) is 84.9 Å². The Balaban J connectivity index is 1.51. The van der Waals surface area contributed by atoms with Gasteiger partial charge in [-0.25, -0.2) is 4.79 Å². The number of benzene rings is 4. The third kappa shape index (κ3) is 3.99. The van der Waals surface area contributed by atoms with E-state index in [-0.39, 0.29) is 5.56 Å². The molecule has 144 valence electrons. The summed E-state index contributed by atoms with van der Waals surface area (Å²) < 4.78 is 5.95. The highest BCUT2D eigenvalue weighted by atomic mass is 16.5. The topological polar surface area (TPSA) is 84.6 Å². The Labute approximate surface area is 168 Å². The largest absolute Gasteiger partial charge is 0.489 e. The molecule has 0 aliphatic heterocycles. The first-order valence-corrected chi connectivity index (χ1v) is 9.20. The summed E-state index contributed by atoms with van der Waals surface area (Å²) in [5.74, 6) is -0.353. The van der Waals surface area contributed by atoms with Gasteiger partial charge in [0.05, 0.1) is 22.6 Å². The number of ether oxygens (including phenoxy) is 1. The molecule has 0 unspecified atom stereocenters. The lowest BCUT2D eigenvalue weighted by atomic mass is 10.1. The molecular formula is C24H20N2O3. The number of carboxylic acid groups (broad SMARTS) is 1. The summed E-state index contributed by atoms with van der Waals surface area (Å²) in [6.07, 6.45) is 0. The molecule has 4 N–H and O–H groups in total. The van der Waals surface area contributed by atoms with Gasteiger partial charge in [-0.3, -0.25) is 0 Å². The van der Waals surface area contributed by atoms with Crippen molar-refractivity contribution in [1.29, 1.82) is 0 Å². The van der Waals surface area contributed by atoms with Gasteiger partial charge in [0.15, 0.2) is 0 Å². The molecule has 0 bridgehead atoms. The van der Waals surface area contributed by atoms with E-state index in [1.54, 1.807) is 36.4 Å². The van der Waals surface area contributed by atoms with Crippen molar-refractivity contribution < 1.29 is 14.6 Å². The van der Waals surface area contributed by atoms with Crippen LogP contribution in [0.5, 0.6) is 5.75 Å². The van der Waals surface area contributed by atoms with Crippen LogP contribution in [0.3, 0.4) is 0 Å². The minimum Gasteiger partial charge on any atom is -0.489 e. The van der Waals surface area contributed by atoms with Gasteiger partial charge in [-0.1, -0.05) is 54.6 Å². The number of para-hydroxylation sites is 1. The molecule has 29 heavy (non-hydrogen) atoms. The van der Waals surface area contributed by atoms with Crippen molar-refractivity contribution in [3.8, 4) is 5.75 Å². The van der Waals surface area contributed by atoms with Crippen molar-refractivity contribution in [2.75, 3.05) is 11.1 Å². The average molecular weight is 384 g/mol. The van der Waals surface area contributed by atoms with Crippen molar-refractivity contribution in [2.24, 2.45) is 0 Å². The number of hydrogen-bond acceptors (Lipinski definition) is 4. The van der Waals surface area contributed by atoms with E-state index < -0.39 is 5.97 Å². The zero-order valence-corrected chi connectivity index (χ0v) is 15.6. The zero-order chi connectivity index (χ0) is 20.2. The van der Waals surface area contributed by atoms with E-state index in [4.69, 9.17) is 10.5 Å². The van der Waals surface area contributed by atoms with Gasteiger partial charge in [0, 0.05) is 6.07 Å². The predicted octanol–water partition coefficient (Wildman–Crippen LogP) is 5.44. The number of anilines is 3. The second-order valence-corrected chi connectivity index (χ2v) is 6.65. The summed E-state index contributed by atoms with van der Waals surface area (Å²) in [4.78, 5) is 11.4. The van der Waals surface area contributed by atoms with Crippen LogP contribution in [0.25, 0.3) is 10.8 Å². The molecule has 4 rings (SSSR count). The van der Waals surface area contributed by atoms with Crippen molar-refractivity contribution in [3.05, 3.63) is 96.1 Å². The predicted molar refractivity (Wildman–Crippen MR) is 116 cm³/mol. The summed E-state index contributed by atoms with van der Waals surface area (Å²) >= 11 is 0. The molecule has 0 amide bonds. The molecule has 0 aliphatic carbocycles. The Morgan fingerprint density at radius 2 is 1.66 bits per heavy atom. The van der Waals surface area contributed by atoms with Gasteiger partial charge in [-0.05, 0) is 40.6 Å². The Kier molecular flexibility index (Phi) is 5.03. The van der Waals surface area contributed by atoms with Crippen molar-refractivity contribution in [1.82, 2.24) is 0 Å². The second-order valence-electron chi connectivity index (χ2n) is 6.65. The minimum absolute atomic E-state index is 0.184. The molecule has 0 aromatic heterocycles. The average Bonchev–Trinajstić information content (AvgIpc) is 2.74. The first-order valence-electron chi connectivity index (χ1n) is 9.20. The molecule has 5 heteroatoms. The van der Waals surface area contributed by atoms with Gasteiger partial charge in [-0.15, -0.1) is 0 Å². The number of fused-ring (bicyclic) bond motifs is 1. The maximum Gasteiger partial charge on any atom is 0.337 e. The van der Waals surface area contributed by atoms with Crippen LogP contribution in [0.2, 0.25) is 0 Å². The van der Waals surface area contributed by atoms with E-state index in [1.807, 2.05) is 30.3 Å². The van der Waals surface area contributed by atoms with Crippen LogP contribution in [0, 0.1) is 0 Å². The molecule has 0 saturated heterocycles. The van der Waals surface area contributed by atoms with Crippen molar-refractivity contribution in [2.45, 2.75) is 6.61 Å². The summed E-state index contributed by atoms with van der Waals surface area (Å²) in [6.45, 7) is 0.426. The van der Waals surface area contributed by atoms with Gasteiger partial charge >= 0.3 is 5.97 Å². The van der Waals surface area contributed by atoms with E-state index in [2.05, 4.69) is 23.5 Å². The molecule has 0 atom stereocenters. The third-order valence-corrected chi connectivity index (χ3v) is 4.72. The first kappa shape index (κ1) is 18.4. The number of carboxylic acids is 1. The summed E-state index contributed by atoms with van der Waals surface area (Å²) in [5.41, 5.74) is 9.02. The van der Waals surface area contributed by atoms with Crippen LogP contribution < -0.4 is 15.8 Å². The normalized spacial score (nSPS) is 10.6. The highest BCUT2D eigenvalue weighted by Crippen LogP contribution is 2.29. The quantitative estimate of drug-likeness (QED) is 0.385. The lowest BCUT2D eigenvalue weighted by molar-refractivity contribution is 0.0698. The summed E-state index contributed by atoms with van der Waals surface area (Å²) in [6, 6.07) is 26.4. The fourth-order valence-corrected chi connectivity index (χ4v) is 3.25. The Morgan fingerprint density at radius 3 is 2.48 bits per heavy atom. The summed E-state index contributed by atoms with van der Waals surface area (Å²) in [7, 11) is 0. The van der Waals surface area contributed by atoms with Gasteiger partial charge in [-0.2, -0.15) is 0 Å². The Morgan fingerprint density at radius 1 is 0.897 bits per heavy atom. The van der Waals surface area contributed by atoms with Gasteiger partial charge in [0.25, 0.3) is 0 Å². The molecule has 0 radical (unpaired) electrons. The van der Waals surface area contributed by atoms with Crippen LogP contribution in [0.4, 0.5) is 17.1 Å². The molecular weight excluding hydrogens is 364 g/mol. The lowest BCUT2D eigenvalue weighted by Gasteiger charge is -2.14. The fourth-order valence-electron chi connectivity index (χ4n) is 3.25. The van der Waals surface area contributed by atoms with Crippen LogP contribution >= 0.6 is 0 Å². The molecule has 0 aliphatic rings. The molecule has 0 saturated carbocycles. The van der Waals surface area contributed by atoms with Crippen LogP contribution in [0.1, 0.15) is 15.9 Å². The van der Waals surface area contributed by atoms with E-state index in [9.17, 15) is 9.90 Å². The number of nitrogens with one attached hydrogen (secondary N) is 1. The maximum absolute atomic E-state index is 11.4. The molecule has 0 fully saturated rings. The number of carbonyl (C=O) groups is 1.